The number of aryl methyl sites for hydroxylation is 1. The van der Waals surface area contributed by atoms with Gasteiger partial charge in [-0.15, -0.1) is 0 Å². The van der Waals surface area contributed by atoms with E-state index in [9.17, 15) is 9.18 Å². The Hall–Kier alpha value is -4.01. The van der Waals surface area contributed by atoms with Gasteiger partial charge in [-0.2, -0.15) is 5.10 Å². The molecule has 1 aliphatic rings. The molecule has 9 heteroatoms. The smallest absolute Gasteiger partial charge is 0.244 e. The molecule has 1 aromatic carbocycles. The quantitative estimate of drug-likeness (QED) is 0.516. The molecule has 8 nitrogen and oxygen atoms in total. The van der Waals surface area contributed by atoms with Crippen molar-refractivity contribution in [3.05, 3.63) is 59.7 Å². The number of likely N-dealkylation sites (N-methyl/N-ethyl adjacent to an activating group) is 1. The van der Waals surface area contributed by atoms with Gasteiger partial charge in [0.05, 0.1) is 5.69 Å². The third-order valence-corrected chi connectivity index (χ3v) is 5.76. The van der Waals surface area contributed by atoms with Crippen molar-refractivity contribution in [2.75, 3.05) is 24.6 Å². The SMILES string of the molecule is Cc1cccc(F)c1-c1cc2cc(Nc3cc4n(n3)CC(=O)N(C)CC4)ncc2c(N)n1. The minimum atomic E-state index is -0.344. The molecule has 0 saturated carbocycles. The number of anilines is 3. The number of aromatic nitrogens is 4. The van der Waals surface area contributed by atoms with Gasteiger partial charge in [0.2, 0.25) is 5.91 Å². The lowest BCUT2D eigenvalue weighted by atomic mass is 10.0. The largest absolute Gasteiger partial charge is 0.383 e. The lowest BCUT2D eigenvalue weighted by Gasteiger charge is -2.12. The molecule has 0 unspecified atom stereocenters. The van der Waals surface area contributed by atoms with Crippen molar-refractivity contribution in [3.8, 4) is 11.3 Å². The topological polar surface area (TPSA) is 102 Å². The van der Waals surface area contributed by atoms with E-state index in [1.807, 2.05) is 25.1 Å². The third-order valence-electron chi connectivity index (χ3n) is 5.76. The van der Waals surface area contributed by atoms with Gasteiger partial charge in [0.1, 0.15) is 24.0 Å². The van der Waals surface area contributed by atoms with E-state index in [1.54, 1.807) is 35.0 Å². The summed E-state index contributed by atoms with van der Waals surface area (Å²) in [5.41, 5.74) is 8.82. The first kappa shape index (κ1) is 19.9. The van der Waals surface area contributed by atoms with E-state index in [-0.39, 0.29) is 24.1 Å². The van der Waals surface area contributed by atoms with Crippen LogP contribution in [0, 0.1) is 12.7 Å². The molecule has 3 aromatic heterocycles. The van der Waals surface area contributed by atoms with Gasteiger partial charge in [0, 0.05) is 48.9 Å². The van der Waals surface area contributed by atoms with Gasteiger partial charge in [0.25, 0.3) is 0 Å². The number of hydrogen-bond donors (Lipinski definition) is 2. The van der Waals surface area contributed by atoms with Gasteiger partial charge >= 0.3 is 0 Å². The van der Waals surface area contributed by atoms with Crippen LogP contribution >= 0.6 is 0 Å². The van der Waals surface area contributed by atoms with E-state index in [0.717, 1.165) is 23.1 Å². The van der Waals surface area contributed by atoms with Crippen molar-refractivity contribution in [1.29, 1.82) is 0 Å². The van der Waals surface area contributed by atoms with Gasteiger partial charge in [-0.1, -0.05) is 12.1 Å². The summed E-state index contributed by atoms with van der Waals surface area (Å²) < 4.78 is 16.2. The number of amides is 1. The monoisotopic (exact) mass is 431 g/mol. The molecule has 4 aromatic rings. The summed E-state index contributed by atoms with van der Waals surface area (Å²) in [7, 11) is 1.80. The predicted molar refractivity (Wildman–Crippen MR) is 121 cm³/mol. The Labute approximate surface area is 183 Å². The van der Waals surface area contributed by atoms with Gasteiger partial charge in [-0.05, 0) is 36.1 Å². The fourth-order valence-electron chi connectivity index (χ4n) is 3.97. The van der Waals surface area contributed by atoms with Crippen molar-refractivity contribution >= 4 is 34.1 Å². The summed E-state index contributed by atoms with van der Waals surface area (Å²) >= 11 is 0. The highest BCUT2D eigenvalue weighted by atomic mass is 19.1. The van der Waals surface area contributed by atoms with Crippen LogP contribution in [0.4, 0.5) is 21.8 Å². The minimum Gasteiger partial charge on any atom is -0.383 e. The van der Waals surface area contributed by atoms with Crippen LogP contribution in [0.2, 0.25) is 0 Å². The third kappa shape index (κ3) is 3.51. The summed E-state index contributed by atoms with van der Waals surface area (Å²) in [4.78, 5) is 22.6. The average molecular weight is 431 g/mol. The van der Waals surface area contributed by atoms with Crippen LogP contribution < -0.4 is 11.1 Å². The molecule has 0 spiro atoms. The molecule has 0 radical (unpaired) electrons. The maximum absolute atomic E-state index is 14.5. The summed E-state index contributed by atoms with van der Waals surface area (Å²) in [6, 6.07) is 10.5. The van der Waals surface area contributed by atoms with Gasteiger partial charge in [-0.3, -0.25) is 9.48 Å². The molecule has 162 valence electrons. The van der Waals surface area contributed by atoms with Crippen LogP contribution in [0.25, 0.3) is 22.0 Å². The fourth-order valence-corrected chi connectivity index (χ4v) is 3.97. The van der Waals surface area contributed by atoms with Crippen LogP contribution in [0.5, 0.6) is 0 Å². The number of hydrogen-bond acceptors (Lipinski definition) is 6. The zero-order valence-electron chi connectivity index (χ0n) is 17.8. The molecular formula is C23H22FN7O. The molecular weight excluding hydrogens is 409 g/mol. The number of fused-ring (bicyclic) bond motifs is 2. The first-order valence-corrected chi connectivity index (χ1v) is 10.3. The van der Waals surface area contributed by atoms with Crippen molar-refractivity contribution in [1.82, 2.24) is 24.6 Å². The Balaban J connectivity index is 1.49. The van der Waals surface area contributed by atoms with Crippen LogP contribution in [0.1, 0.15) is 11.3 Å². The highest BCUT2D eigenvalue weighted by Gasteiger charge is 2.19. The zero-order chi connectivity index (χ0) is 22.4. The Kier molecular flexibility index (Phi) is 4.73. The van der Waals surface area contributed by atoms with Crippen LogP contribution in [0.3, 0.4) is 0 Å². The van der Waals surface area contributed by atoms with Crippen molar-refractivity contribution in [2.45, 2.75) is 19.9 Å². The second-order valence-electron chi connectivity index (χ2n) is 7.98. The maximum Gasteiger partial charge on any atom is 0.244 e. The highest BCUT2D eigenvalue weighted by molar-refractivity contribution is 5.95. The Morgan fingerprint density at radius 3 is 2.84 bits per heavy atom. The van der Waals surface area contributed by atoms with E-state index >= 15 is 0 Å². The highest BCUT2D eigenvalue weighted by Crippen LogP contribution is 2.31. The summed E-state index contributed by atoms with van der Waals surface area (Å²) in [6.45, 7) is 2.71. The lowest BCUT2D eigenvalue weighted by Crippen LogP contribution is -2.29. The number of nitrogens with zero attached hydrogens (tertiary/aromatic N) is 5. The van der Waals surface area contributed by atoms with Crippen molar-refractivity contribution in [2.24, 2.45) is 0 Å². The minimum absolute atomic E-state index is 0.0289. The maximum atomic E-state index is 14.5. The molecule has 0 fully saturated rings. The number of rotatable bonds is 3. The molecule has 32 heavy (non-hydrogen) atoms. The first-order chi connectivity index (χ1) is 15.4. The van der Waals surface area contributed by atoms with E-state index in [4.69, 9.17) is 5.73 Å². The molecule has 5 rings (SSSR count). The van der Waals surface area contributed by atoms with Crippen LogP contribution in [-0.4, -0.2) is 44.1 Å². The van der Waals surface area contributed by atoms with E-state index < -0.39 is 0 Å². The number of nitrogen functional groups attached to an aromatic ring is 1. The molecule has 3 N–H and O–H groups in total. The van der Waals surface area contributed by atoms with Gasteiger partial charge < -0.3 is 16.0 Å². The number of benzene rings is 1. The number of nitrogens with one attached hydrogen (secondary N) is 1. The van der Waals surface area contributed by atoms with Crippen LogP contribution in [0.15, 0.2) is 42.6 Å². The number of pyridine rings is 2. The molecule has 0 saturated heterocycles. The zero-order valence-corrected chi connectivity index (χ0v) is 17.8. The van der Waals surface area contributed by atoms with Gasteiger partial charge in [0.15, 0.2) is 5.82 Å². The number of carbonyl (C=O) groups excluding carboxylic acids is 1. The molecule has 0 aliphatic carbocycles. The second kappa shape index (κ2) is 7.60. The summed E-state index contributed by atoms with van der Waals surface area (Å²) in [6.07, 6.45) is 2.37. The average Bonchev–Trinajstić information content (AvgIpc) is 3.06. The summed E-state index contributed by atoms with van der Waals surface area (Å²) in [5, 5.41) is 9.17. The second-order valence-corrected chi connectivity index (χ2v) is 7.98. The Morgan fingerprint density at radius 1 is 1.19 bits per heavy atom. The fraction of sp³-hybridized carbons (Fsp3) is 0.217. The van der Waals surface area contributed by atoms with Gasteiger partial charge in [-0.25, -0.2) is 14.4 Å². The summed E-state index contributed by atoms with van der Waals surface area (Å²) in [5.74, 6) is 1.15. The molecule has 0 bridgehead atoms. The molecule has 4 heterocycles. The van der Waals surface area contributed by atoms with E-state index in [0.29, 0.717) is 34.8 Å². The number of halogens is 1. The molecule has 1 amide bonds. The number of carbonyl (C=O) groups is 1. The van der Waals surface area contributed by atoms with Crippen molar-refractivity contribution < 1.29 is 9.18 Å². The normalized spacial score (nSPS) is 13.8. The van der Waals surface area contributed by atoms with Crippen molar-refractivity contribution in [3.63, 3.8) is 0 Å². The first-order valence-electron chi connectivity index (χ1n) is 10.3. The standard InChI is InChI=1S/C23H22FN7O/c1-13-4-3-5-17(24)22(13)18-8-14-9-19(26-11-16(14)23(25)27-18)28-20-10-15-6-7-30(2)21(32)12-31(15)29-20/h3-5,8-11H,6-7,12H2,1-2H3,(H2,25,27)(H,26,28,29). The molecule has 1 aliphatic heterocycles. The van der Waals surface area contributed by atoms with Crippen LogP contribution in [-0.2, 0) is 17.8 Å². The molecule has 0 atom stereocenters. The van der Waals surface area contributed by atoms with E-state index in [1.165, 1.54) is 6.07 Å². The predicted octanol–water partition coefficient (Wildman–Crippen LogP) is 3.28. The Morgan fingerprint density at radius 2 is 2.03 bits per heavy atom. The Bertz CT molecular complexity index is 1340. The lowest BCUT2D eigenvalue weighted by molar-refractivity contribution is -0.130. The number of nitrogens with two attached hydrogens (primary N) is 1. The van der Waals surface area contributed by atoms with E-state index in [2.05, 4.69) is 20.4 Å².